The van der Waals surface area contributed by atoms with Gasteiger partial charge in [-0.05, 0) is 18.2 Å². The van der Waals surface area contributed by atoms with E-state index in [0.717, 1.165) is 40.7 Å². The molecule has 2 aromatic rings. The maximum atomic E-state index is 5.70. The van der Waals surface area contributed by atoms with Gasteiger partial charge in [0.15, 0.2) is 0 Å². The molecule has 86 valence electrons. The summed E-state index contributed by atoms with van der Waals surface area (Å²) in [5.41, 5.74) is 8.43. The molecule has 2 rings (SSSR count). The topological polar surface area (TPSA) is 63.9 Å². The third-order valence-electron chi connectivity index (χ3n) is 2.23. The fourth-order valence-corrected chi connectivity index (χ4v) is 2.22. The predicted octanol–water partition coefficient (Wildman–Crippen LogP) is 2.02. The summed E-state index contributed by atoms with van der Waals surface area (Å²) in [5.74, 6) is 2.84. The number of nitrogen functional groups attached to an aromatic ring is 1. The second kappa shape index (κ2) is 5.23. The zero-order valence-corrected chi connectivity index (χ0v) is 10.0. The average molecular weight is 237 g/mol. The number of imidazole rings is 1. The van der Waals surface area contributed by atoms with E-state index in [4.69, 9.17) is 10.5 Å². The number of rotatable bonds is 5. The largest absolute Gasteiger partial charge is 0.399 e. The number of benzene rings is 1. The van der Waals surface area contributed by atoms with Crippen LogP contribution < -0.4 is 5.73 Å². The number of methoxy groups -OCH3 is 1. The minimum absolute atomic E-state index is 0.759. The van der Waals surface area contributed by atoms with Crippen LogP contribution in [0.4, 0.5) is 5.69 Å². The molecule has 0 amide bonds. The lowest BCUT2D eigenvalue weighted by Crippen LogP contribution is -1.93. The summed E-state index contributed by atoms with van der Waals surface area (Å²) in [6.45, 7) is 0.776. The van der Waals surface area contributed by atoms with E-state index < -0.39 is 0 Å². The van der Waals surface area contributed by atoms with Crippen LogP contribution in [0.1, 0.15) is 5.82 Å². The third-order valence-corrected chi connectivity index (χ3v) is 3.16. The first kappa shape index (κ1) is 11.3. The van der Waals surface area contributed by atoms with E-state index in [-0.39, 0.29) is 0 Å². The van der Waals surface area contributed by atoms with Crippen molar-refractivity contribution in [1.29, 1.82) is 0 Å². The molecule has 0 aliphatic carbocycles. The highest BCUT2D eigenvalue weighted by Crippen LogP contribution is 2.17. The number of ether oxygens (including phenoxy) is 1. The van der Waals surface area contributed by atoms with Gasteiger partial charge in [0.05, 0.1) is 23.4 Å². The summed E-state index contributed by atoms with van der Waals surface area (Å²) in [4.78, 5) is 7.74. The fraction of sp³-hybridized carbons (Fsp3) is 0.364. The van der Waals surface area contributed by atoms with E-state index in [1.807, 2.05) is 18.2 Å². The van der Waals surface area contributed by atoms with Gasteiger partial charge in [-0.3, -0.25) is 0 Å². The van der Waals surface area contributed by atoms with Crippen molar-refractivity contribution < 1.29 is 4.74 Å². The van der Waals surface area contributed by atoms with Crippen LogP contribution in [0.15, 0.2) is 18.2 Å². The normalized spacial score (nSPS) is 11.1. The highest BCUT2D eigenvalue weighted by Gasteiger charge is 2.02. The zero-order valence-electron chi connectivity index (χ0n) is 9.19. The van der Waals surface area contributed by atoms with Crippen LogP contribution in [0.3, 0.4) is 0 Å². The molecule has 1 aromatic carbocycles. The molecule has 0 unspecified atom stereocenters. The van der Waals surface area contributed by atoms with Crippen LogP contribution in [0.2, 0.25) is 0 Å². The highest BCUT2D eigenvalue weighted by atomic mass is 32.2. The molecule has 0 fully saturated rings. The van der Waals surface area contributed by atoms with E-state index in [1.165, 1.54) is 0 Å². The first-order chi connectivity index (χ1) is 7.79. The molecule has 0 spiro atoms. The monoisotopic (exact) mass is 237 g/mol. The molecule has 0 radical (unpaired) electrons. The lowest BCUT2D eigenvalue weighted by Gasteiger charge is -1.97. The lowest BCUT2D eigenvalue weighted by atomic mass is 10.3. The third kappa shape index (κ3) is 2.68. The molecule has 0 saturated carbocycles. The Morgan fingerprint density at radius 3 is 3.19 bits per heavy atom. The van der Waals surface area contributed by atoms with Gasteiger partial charge in [-0.2, -0.15) is 11.8 Å². The maximum Gasteiger partial charge on any atom is 0.117 e. The van der Waals surface area contributed by atoms with Crippen LogP contribution in [-0.4, -0.2) is 29.4 Å². The smallest absolute Gasteiger partial charge is 0.117 e. The molecular formula is C11H15N3OS. The number of aromatic nitrogens is 2. The minimum Gasteiger partial charge on any atom is -0.399 e. The van der Waals surface area contributed by atoms with Crippen molar-refractivity contribution in [2.24, 2.45) is 0 Å². The Hall–Kier alpha value is -1.20. The summed E-state index contributed by atoms with van der Waals surface area (Å²) in [7, 11) is 1.71. The molecule has 5 heteroatoms. The number of H-pyrrole nitrogens is 1. The molecule has 16 heavy (non-hydrogen) atoms. The molecule has 4 nitrogen and oxygen atoms in total. The first-order valence-electron chi connectivity index (χ1n) is 5.10. The van der Waals surface area contributed by atoms with Crippen LogP contribution >= 0.6 is 11.8 Å². The van der Waals surface area contributed by atoms with Crippen LogP contribution in [-0.2, 0) is 10.5 Å². The average Bonchev–Trinajstić information content (AvgIpc) is 2.66. The second-order valence-electron chi connectivity index (χ2n) is 3.51. The van der Waals surface area contributed by atoms with Crippen LogP contribution in [0.5, 0.6) is 0 Å². The highest BCUT2D eigenvalue weighted by molar-refractivity contribution is 7.98. The number of aromatic amines is 1. The standard InChI is InChI=1S/C11H15N3OS/c1-15-4-5-16-7-11-13-9-3-2-8(12)6-10(9)14-11/h2-3,6H,4-5,7,12H2,1H3,(H,13,14). The van der Waals surface area contributed by atoms with Crippen molar-refractivity contribution in [3.8, 4) is 0 Å². The fourth-order valence-electron chi connectivity index (χ4n) is 1.46. The molecular weight excluding hydrogens is 222 g/mol. The van der Waals surface area contributed by atoms with Crippen molar-refractivity contribution in [2.75, 3.05) is 25.2 Å². The van der Waals surface area contributed by atoms with Crippen molar-refractivity contribution in [2.45, 2.75) is 5.75 Å². The Labute approximate surface area is 98.6 Å². The quantitative estimate of drug-likeness (QED) is 0.617. The van der Waals surface area contributed by atoms with Gasteiger partial charge < -0.3 is 15.5 Å². The number of nitrogens with one attached hydrogen (secondary N) is 1. The number of fused-ring (bicyclic) bond motifs is 1. The summed E-state index contributed by atoms with van der Waals surface area (Å²) in [5, 5.41) is 0. The van der Waals surface area contributed by atoms with Crippen molar-refractivity contribution in [3.63, 3.8) is 0 Å². The number of hydrogen-bond donors (Lipinski definition) is 2. The van der Waals surface area contributed by atoms with Gasteiger partial charge in [-0.1, -0.05) is 0 Å². The van der Waals surface area contributed by atoms with Gasteiger partial charge in [0.25, 0.3) is 0 Å². The van der Waals surface area contributed by atoms with Crippen molar-refractivity contribution in [1.82, 2.24) is 9.97 Å². The second-order valence-corrected chi connectivity index (χ2v) is 4.61. The van der Waals surface area contributed by atoms with Gasteiger partial charge in [-0.15, -0.1) is 0 Å². The van der Waals surface area contributed by atoms with E-state index >= 15 is 0 Å². The van der Waals surface area contributed by atoms with Crippen molar-refractivity contribution in [3.05, 3.63) is 24.0 Å². The molecule has 0 atom stereocenters. The summed E-state index contributed by atoms with van der Waals surface area (Å²) in [6.07, 6.45) is 0. The van der Waals surface area contributed by atoms with E-state index in [1.54, 1.807) is 18.9 Å². The van der Waals surface area contributed by atoms with E-state index in [9.17, 15) is 0 Å². The molecule has 1 aromatic heterocycles. The Morgan fingerprint density at radius 2 is 2.38 bits per heavy atom. The maximum absolute atomic E-state index is 5.70. The number of nitrogens with zero attached hydrogens (tertiary/aromatic N) is 1. The van der Waals surface area contributed by atoms with E-state index in [2.05, 4.69) is 9.97 Å². The molecule has 1 heterocycles. The van der Waals surface area contributed by atoms with Crippen molar-refractivity contribution >= 4 is 28.5 Å². The SMILES string of the molecule is COCCSCc1nc2ccc(N)cc2[nH]1. The Bertz CT molecular complexity index is 469. The summed E-state index contributed by atoms with van der Waals surface area (Å²) < 4.78 is 4.99. The van der Waals surface area contributed by atoms with Crippen LogP contribution in [0.25, 0.3) is 11.0 Å². The summed E-state index contributed by atoms with van der Waals surface area (Å²) in [6, 6.07) is 5.71. The number of thioether (sulfide) groups is 1. The molecule has 0 bridgehead atoms. The van der Waals surface area contributed by atoms with Gasteiger partial charge in [0, 0.05) is 18.6 Å². The van der Waals surface area contributed by atoms with Gasteiger partial charge in [-0.25, -0.2) is 4.98 Å². The van der Waals surface area contributed by atoms with E-state index in [0.29, 0.717) is 0 Å². The zero-order chi connectivity index (χ0) is 11.4. The van der Waals surface area contributed by atoms with Crippen LogP contribution in [0, 0.1) is 0 Å². The Balaban J connectivity index is 2.02. The van der Waals surface area contributed by atoms with Gasteiger partial charge >= 0.3 is 0 Å². The van der Waals surface area contributed by atoms with Gasteiger partial charge in [0.2, 0.25) is 0 Å². The molecule has 0 aliphatic rings. The molecule has 0 saturated heterocycles. The molecule has 0 aliphatic heterocycles. The summed E-state index contributed by atoms with van der Waals surface area (Å²) >= 11 is 1.80. The Morgan fingerprint density at radius 1 is 1.50 bits per heavy atom. The first-order valence-corrected chi connectivity index (χ1v) is 6.26. The number of hydrogen-bond acceptors (Lipinski definition) is 4. The molecule has 3 N–H and O–H groups in total. The number of anilines is 1. The number of nitrogens with two attached hydrogens (primary N) is 1. The minimum atomic E-state index is 0.759. The Kier molecular flexibility index (Phi) is 3.69. The van der Waals surface area contributed by atoms with Gasteiger partial charge in [0.1, 0.15) is 5.82 Å². The predicted molar refractivity (Wildman–Crippen MR) is 68.5 cm³/mol. The lowest BCUT2D eigenvalue weighted by molar-refractivity contribution is 0.218.